The van der Waals surface area contributed by atoms with Crippen LogP contribution < -0.4 is 20.1 Å². The highest BCUT2D eigenvalue weighted by atomic mass is 35.5. The van der Waals surface area contributed by atoms with Crippen molar-refractivity contribution < 1.29 is 23.0 Å². The molecule has 1 aliphatic carbocycles. The monoisotopic (exact) mass is 428 g/mol. The van der Waals surface area contributed by atoms with E-state index in [9.17, 15) is 13.6 Å². The van der Waals surface area contributed by atoms with Crippen LogP contribution in [-0.4, -0.2) is 42.2 Å². The fourth-order valence-corrected chi connectivity index (χ4v) is 3.15. The van der Waals surface area contributed by atoms with Crippen LogP contribution in [0.1, 0.15) is 36.0 Å². The number of hydrogen-bond donors (Lipinski definition) is 2. The molecule has 1 aliphatic rings. The molecule has 158 valence electrons. The lowest BCUT2D eigenvalue weighted by atomic mass is 9.91. The summed E-state index contributed by atoms with van der Waals surface area (Å²) < 4.78 is 36.6. The molecular formula is C19H23ClF2N4O3. The van der Waals surface area contributed by atoms with Crippen LogP contribution in [0.3, 0.4) is 0 Å². The van der Waals surface area contributed by atoms with Crippen molar-refractivity contribution in [3.8, 4) is 11.8 Å². The van der Waals surface area contributed by atoms with Gasteiger partial charge in [-0.2, -0.15) is 9.97 Å². The summed E-state index contributed by atoms with van der Waals surface area (Å²) in [6.45, 7) is 0. The van der Waals surface area contributed by atoms with E-state index >= 15 is 0 Å². The van der Waals surface area contributed by atoms with Crippen LogP contribution in [0.4, 0.5) is 14.7 Å². The molecule has 1 fully saturated rings. The number of anilines is 1. The van der Waals surface area contributed by atoms with Gasteiger partial charge in [0.2, 0.25) is 17.7 Å². The van der Waals surface area contributed by atoms with E-state index in [1.165, 1.54) is 20.3 Å². The molecule has 29 heavy (non-hydrogen) atoms. The SMILES string of the molecule is COc1cc(OC)nc(NC2CCC(NC(=O)c3ccc(F)c(F)c3)CC2)n1.Cl. The molecule has 1 saturated carbocycles. The van der Waals surface area contributed by atoms with Gasteiger partial charge in [-0.25, -0.2) is 8.78 Å². The summed E-state index contributed by atoms with van der Waals surface area (Å²) in [4.78, 5) is 20.7. The van der Waals surface area contributed by atoms with Crippen molar-refractivity contribution in [3.05, 3.63) is 41.5 Å². The molecule has 1 amide bonds. The number of ether oxygens (including phenoxy) is 2. The van der Waals surface area contributed by atoms with Crippen molar-refractivity contribution in [2.75, 3.05) is 19.5 Å². The zero-order valence-electron chi connectivity index (χ0n) is 16.1. The molecule has 10 heteroatoms. The molecule has 0 aliphatic heterocycles. The van der Waals surface area contributed by atoms with Gasteiger partial charge in [0.15, 0.2) is 11.6 Å². The molecule has 2 aromatic rings. The molecule has 3 rings (SSSR count). The molecule has 7 nitrogen and oxygen atoms in total. The van der Waals surface area contributed by atoms with Gasteiger partial charge in [0.1, 0.15) is 0 Å². The molecule has 2 N–H and O–H groups in total. The lowest BCUT2D eigenvalue weighted by Crippen LogP contribution is -2.40. The third-order valence-corrected chi connectivity index (χ3v) is 4.67. The fraction of sp³-hybridized carbons (Fsp3) is 0.421. The Morgan fingerprint density at radius 1 is 0.966 bits per heavy atom. The number of nitrogens with zero attached hydrogens (tertiary/aromatic N) is 2. The number of nitrogens with one attached hydrogen (secondary N) is 2. The van der Waals surface area contributed by atoms with Gasteiger partial charge in [-0.1, -0.05) is 0 Å². The minimum Gasteiger partial charge on any atom is -0.481 e. The van der Waals surface area contributed by atoms with Gasteiger partial charge in [0.25, 0.3) is 5.91 Å². The second-order valence-corrected chi connectivity index (χ2v) is 6.57. The van der Waals surface area contributed by atoms with E-state index in [1.54, 1.807) is 6.07 Å². The number of halogens is 3. The van der Waals surface area contributed by atoms with Crippen molar-refractivity contribution in [1.82, 2.24) is 15.3 Å². The molecule has 1 heterocycles. The largest absolute Gasteiger partial charge is 0.481 e. The average Bonchev–Trinajstić information content (AvgIpc) is 2.71. The molecule has 1 aromatic carbocycles. The minimum absolute atomic E-state index is 0. The van der Waals surface area contributed by atoms with Gasteiger partial charge in [0, 0.05) is 17.6 Å². The second-order valence-electron chi connectivity index (χ2n) is 6.57. The summed E-state index contributed by atoms with van der Waals surface area (Å²) in [5.41, 5.74) is 0.107. The van der Waals surface area contributed by atoms with Crippen LogP contribution >= 0.6 is 12.4 Å². The predicted molar refractivity (Wildman–Crippen MR) is 106 cm³/mol. The Morgan fingerprint density at radius 3 is 2.10 bits per heavy atom. The van der Waals surface area contributed by atoms with Crippen molar-refractivity contribution in [1.29, 1.82) is 0 Å². The first-order valence-corrected chi connectivity index (χ1v) is 8.98. The van der Waals surface area contributed by atoms with Gasteiger partial charge in [-0.3, -0.25) is 4.79 Å². The number of carbonyl (C=O) groups is 1. The van der Waals surface area contributed by atoms with Crippen molar-refractivity contribution in [3.63, 3.8) is 0 Å². The number of methoxy groups -OCH3 is 2. The topological polar surface area (TPSA) is 85.4 Å². The summed E-state index contributed by atoms with van der Waals surface area (Å²) in [5.74, 6) is -1.18. The molecule has 0 radical (unpaired) electrons. The minimum atomic E-state index is -1.03. The molecule has 0 spiro atoms. The van der Waals surface area contributed by atoms with E-state index < -0.39 is 17.5 Å². The predicted octanol–water partition coefficient (Wildman–Crippen LogP) is 3.35. The zero-order valence-corrected chi connectivity index (χ0v) is 16.9. The average molecular weight is 429 g/mol. The maximum atomic E-state index is 13.3. The number of carbonyl (C=O) groups excluding carboxylic acids is 1. The van der Waals surface area contributed by atoms with Gasteiger partial charge in [0.05, 0.1) is 20.3 Å². The Morgan fingerprint density at radius 2 is 1.55 bits per heavy atom. The van der Waals surface area contributed by atoms with Crippen molar-refractivity contribution in [2.24, 2.45) is 0 Å². The van der Waals surface area contributed by atoms with Crippen molar-refractivity contribution >= 4 is 24.3 Å². The molecule has 0 atom stereocenters. The second kappa shape index (κ2) is 10.2. The third kappa shape index (κ3) is 5.90. The Labute approximate surface area is 173 Å². The Bertz CT molecular complexity index is 826. The van der Waals surface area contributed by atoms with E-state index in [-0.39, 0.29) is 30.1 Å². The van der Waals surface area contributed by atoms with Gasteiger partial charge in [-0.15, -0.1) is 12.4 Å². The standard InChI is InChI=1S/C19H22F2N4O3.ClH/c1-27-16-10-17(28-2)25-19(24-16)23-13-6-4-12(5-7-13)22-18(26)11-3-8-14(20)15(21)9-11;/h3,8-10,12-13H,4-7H2,1-2H3,(H,22,26)(H,23,24,25);1H. The Hall–Kier alpha value is -2.68. The van der Waals surface area contributed by atoms with E-state index in [2.05, 4.69) is 20.6 Å². The highest BCUT2D eigenvalue weighted by Gasteiger charge is 2.24. The maximum Gasteiger partial charge on any atom is 0.251 e. The van der Waals surface area contributed by atoms with E-state index in [0.717, 1.165) is 37.8 Å². The number of benzene rings is 1. The zero-order chi connectivity index (χ0) is 20.1. The highest BCUT2D eigenvalue weighted by molar-refractivity contribution is 5.94. The van der Waals surface area contributed by atoms with E-state index in [0.29, 0.717) is 17.7 Å². The van der Waals surface area contributed by atoms with Crippen LogP contribution in [0, 0.1) is 11.6 Å². The first-order chi connectivity index (χ1) is 13.5. The van der Waals surface area contributed by atoms with Gasteiger partial charge >= 0.3 is 0 Å². The van der Waals surface area contributed by atoms with E-state index in [4.69, 9.17) is 9.47 Å². The summed E-state index contributed by atoms with van der Waals surface area (Å²) >= 11 is 0. The molecule has 0 saturated heterocycles. The van der Waals surface area contributed by atoms with Crippen LogP contribution in [0.2, 0.25) is 0 Å². The number of hydrogen-bond acceptors (Lipinski definition) is 6. The first kappa shape index (κ1) is 22.6. The smallest absolute Gasteiger partial charge is 0.251 e. The summed E-state index contributed by atoms with van der Waals surface area (Å²) in [6, 6.07) is 4.84. The molecular weight excluding hydrogens is 406 g/mol. The fourth-order valence-electron chi connectivity index (χ4n) is 3.15. The summed E-state index contributed by atoms with van der Waals surface area (Å²) in [7, 11) is 3.04. The maximum absolute atomic E-state index is 13.3. The summed E-state index contributed by atoms with van der Waals surface area (Å²) in [6.07, 6.45) is 3.08. The summed E-state index contributed by atoms with van der Waals surface area (Å²) in [5, 5.41) is 6.14. The lowest BCUT2D eigenvalue weighted by molar-refractivity contribution is 0.0926. The number of aromatic nitrogens is 2. The molecule has 1 aromatic heterocycles. The number of rotatable bonds is 6. The quantitative estimate of drug-likeness (QED) is 0.734. The first-order valence-electron chi connectivity index (χ1n) is 8.98. The van der Waals surface area contributed by atoms with Crippen LogP contribution in [-0.2, 0) is 0 Å². The van der Waals surface area contributed by atoms with Crippen molar-refractivity contribution in [2.45, 2.75) is 37.8 Å². The van der Waals surface area contributed by atoms with Crippen LogP contribution in [0.15, 0.2) is 24.3 Å². The third-order valence-electron chi connectivity index (χ3n) is 4.67. The Kier molecular flexibility index (Phi) is 7.95. The number of amides is 1. The normalized spacial score (nSPS) is 18.3. The van der Waals surface area contributed by atoms with Crippen LogP contribution in [0.25, 0.3) is 0 Å². The van der Waals surface area contributed by atoms with Gasteiger partial charge < -0.3 is 20.1 Å². The van der Waals surface area contributed by atoms with E-state index in [1.807, 2.05) is 0 Å². The molecule has 0 unspecified atom stereocenters. The lowest BCUT2D eigenvalue weighted by Gasteiger charge is -2.29. The Balaban J connectivity index is 0.00000300. The molecule has 0 bridgehead atoms. The van der Waals surface area contributed by atoms with Crippen LogP contribution in [0.5, 0.6) is 11.8 Å². The highest BCUT2D eigenvalue weighted by Crippen LogP contribution is 2.24. The van der Waals surface area contributed by atoms with Gasteiger partial charge in [-0.05, 0) is 43.9 Å².